The summed E-state index contributed by atoms with van der Waals surface area (Å²) in [5.74, 6) is 0.560. The summed E-state index contributed by atoms with van der Waals surface area (Å²) in [5, 5.41) is 9.11. The smallest absolute Gasteiger partial charge is 0.265 e. The van der Waals surface area contributed by atoms with Crippen LogP contribution in [-0.2, 0) is 4.79 Å². The highest BCUT2D eigenvalue weighted by molar-refractivity contribution is 5.99. The number of nitrogens with zero attached hydrogens (tertiary/aromatic N) is 1. The Labute approximate surface area is 87.2 Å². The minimum atomic E-state index is -0.444. The van der Waals surface area contributed by atoms with Gasteiger partial charge in [-0.05, 0) is 12.8 Å². The van der Waals surface area contributed by atoms with Gasteiger partial charge in [0.05, 0.1) is 0 Å². The number of nitrogens with one attached hydrogen (secondary N) is 2. The minimum absolute atomic E-state index is 0.149. The zero-order valence-electron chi connectivity index (χ0n) is 8.54. The summed E-state index contributed by atoms with van der Waals surface area (Å²) in [6.45, 7) is 2.07. The number of nitrogens with two attached hydrogens (primary N) is 1. The molecule has 4 N–H and O–H groups in total. The molecule has 0 bridgehead atoms. The lowest BCUT2D eigenvalue weighted by atomic mass is 10.1. The molecule has 2 heterocycles. The fraction of sp³-hybridized carbons (Fsp3) is 0.556. The van der Waals surface area contributed by atoms with Crippen LogP contribution in [0.15, 0.2) is 0 Å². The molecule has 1 aliphatic rings. The molecule has 1 aromatic rings. The molecule has 2 rings (SSSR count). The quantitative estimate of drug-likeness (QED) is 0.690. The summed E-state index contributed by atoms with van der Waals surface area (Å²) in [4.78, 5) is 11.6. The van der Waals surface area contributed by atoms with Gasteiger partial charge in [0.1, 0.15) is 11.5 Å². The third kappa shape index (κ3) is 1.74. The number of hydrogen-bond donors (Lipinski definition) is 3. The van der Waals surface area contributed by atoms with Crippen molar-refractivity contribution in [3.63, 3.8) is 0 Å². The third-order valence-corrected chi connectivity index (χ3v) is 2.38. The number of ether oxygens (including phenoxy) is 1. The summed E-state index contributed by atoms with van der Waals surface area (Å²) in [5.41, 5.74) is 6.01. The molecule has 0 spiro atoms. The highest BCUT2D eigenvalue weighted by atomic mass is 16.5. The van der Waals surface area contributed by atoms with E-state index in [1.807, 2.05) is 0 Å². The van der Waals surface area contributed by atoms with E-state index in [0.29, 0.717) is 23.8 Å². The van der Waals surface area contributed by atoms with Gasteiger partial charge in [0.25, 0.3) is 11.8 Å². The van der Waals surface area contributed by atoms with Crippen molar-refractivity contribution in [2.24, 2.45) is 0 Å². The molecule has 0 saturated carbocycles. The topological polar surface area (TPSA) is 93.0 Å². The Morgan fingerprint density at radius 2 is 2.40 bits per heavy atom. The van der Waals surface area contributed by atoms with Crippen molar-refractivity contribution < 1.29 is 9.53 Å². The summed E-state index contributed by atoms with van der Waals surface area (Å²) in [6.07, 6.45) is 2.24. The van der Waals surface area contributed by atoms with E-state index in [1.165, 1.54) is 0 Å². The summed E-state index contributed by atoms with van der Waals surface area (Å²) in [6, 6.07) is 0. The molecule has 0 aliphatic carbocycles. The lowest BCUT2D eigenvalue weighted by Crippen LogP contribution is -2.36. The number of hydrogen-bond acceptors (Lipinski definition) is 4. The van der Waals surface area contributed by atoms with Crippen molar-refractivity contribution in [1.82, 2.24) is 10.2 Å². The average molecular weight is 210 g/mol. The van der Waals surface area contributed by atoms with Gasteiger partial charge in [-0.3, -0.25) is 9.89 Å². The van der Waals surface area contributed by atoms with Crippen molar-refractivity contribution in [2.75, 3.05) is 11.1 Å². The summed E-state index contributed by atoms with van der Waals surface area (Å²) >= 11 is 0. The van der Waals surface area contributed by atoms with Gasteiger partial charge >= 0.3 is 0 Å². The predicted octanol–water partition coefficient (Wildman–Crippen LogP) is 0.882. The lowest BCUT2D eigenvalue weighted by Gasteiger charge is -2.22. The summed E-state index contributed by atoms with van der Waals surface area (Å²) in [7, 11) is 0. The van der Waals surface area contributed by atoms with Crippen LogP contribution in [0.2, 0.25) is 0 Å². The Hall–Kier alpha value is -1.72. The first kappa shape index (κ1) is 9.82. The second-order valence-electron chi connectivity index (χ2n) is 3.56. The number of nitrogen functional groups attached to an aromatic ring is 1. The van der Waals surface area contributed by atoms with Gasteiger partial charge in [0.2, 0.25) is 0 Å². The number of carbonyl (C=O) groups excluding carboxylic acids is 1. The number of H-pyrrole nitrogens is 1. The standard InChI is InChI=1S/C9H14N4O2/c1-2-3-4-5-8(14)11-6-7(10)12-13-9(6)15-5/h5H,2-4H2,1H3,(H,11,14)(H3,10,12,13). The molecule has 1 amide bonds. The molecule has 1 atom stereocenters. The molecule has 0 radical (unpaired) electrons. The summed E-state index contributed by atoms with van der Waals surface area (Å²) < 4.78 is 5.43. The van der Waals surface area contributed by atoms with E-state index in [9.17, 15) is 4.79 Å². The zero-order valence-corrected chi connectivity index (χ0v) is 8.54. The number of rotatable bonds is 3. The SMILES string of the molecule is CCCCC1Oc2n[nH]c(N)c2NC1=O. The van der Waals surface area contributed by atoms with Crippen molar-refractivity contribution in [1.29, 1.82) is 0 Å². The number of anilines is 2. The van der Waals surface area contributed by atoms with Crippen LogP contribution in [0.3, 0.4) is 0 Å². The molecule has 6 nitrogen and oxygen atoms in total. The van der Waals surface area contributed by atoms with Crippen molar-refractivity contribution in [3.8, 4) is 5.88 Å². The van der Waals surface area contributed by atoms with Crippen LogP contribution in [0.25, 0.3) is 0 Å². The van der Waals surface area contributed by atoms with E-state index >= 15 is 0 Å². The largest absolute Gasteiger partial charge is 0.462 e. The van der Waals surface area contributed by atoms with Crippen LogP contribution in [0, 0.1) is 0 Å². The molecule has 1 aliphatic heterocycles. The Balaban J connectivity index is 2.12. The number of unbranched alkanes of at least 4 members (excludes halogenated alkanes) is 1. The Morgan fingerprint density at radius 3 is 3.13 bits per heavy atom. The van der Waals surface area contributed by atoms with Gasteiger partial charge in [-0.2, -0.15) is 0 Å². The fourth-order valence-corrected chi connectivity index (χ4v) is 1.52. The monoisotopic (exact) mass is 210 g/mol. The maximum Gasteiger partial charge on any atom is 0.265 e. The average Bonchev–Trinajstić information content (AvgIpc) is 2.57. The third-order valence-electron chi connectivity index (χ3n) is 2.38. The Bertz CT molecular complexity index is 374. The lowest BCUT2D eigenvalue weighted by molar-refractivity contribution is -0.123. The van der Waals surface area contributed by atoms with Gasteiger partial charge in [0, 0.05) is 0 Å². The van der Waals surface area contributed by atoms with E-state index in [-0.39, 0.29) is 5.91 Å². The molecule has 1 unspecified atom stereocenters. The van der Waals surface area contributed by atoms with E-state index in [0.717, 1.165) is 12.8 Å². The number of aromatic amines is 1. The van der Waals surface area contributed by atoms with Crippen LogP contribution in [0.4, 0.5) is 11.5 Å². The molecule has 15 heavy (non-hydrogen) atoms. The molecule has 0 aromatic carbocycles. The van der Waals surface area contributed by atoms with Gasteiger partial charge in [-0.15, -0.1) is 5.10 Å². The van der Waals surface area contributed by atoms with Gasteiger partial charge in [-0.1, -0.05) is 13.3 Å². The van der Waals surface area contributed by atoms with E-state index in [4.69, 9.17) is 10.5 Å². The zero-order chi connectivity index (χ0) is 10.8. The predicted molar refractivity (Wildman–Crippen MR) is 55.6 cm³/mol. The van der Waals surface area contributed by atoms with Crippen molar-refractivity contribution >= 4 is 17.4 Å². The maximum absolute atomic E-state index is 11.6. The van der Waals surface area contributed by atoms with Crippen LogP contribution < -0.4 is 15.8 Å². The maximum atomic E-state index is 11.6. The van der Waals surface area contributed by atoms with Gasteiger partial charge in [-0.25, -0.2) is 0 Å². The minimum Gasteiger partial charge on any atom is -0.462 e. The highest BCUT2D eigenvalue weighted by Gasteiger charge is 2.30. The molecular formula is C9H14N4O2. The molecule has 0 fully saturated rings. The van der Waals surface area contributed by atoms with Gasteiger partial charge in [0.15, 0.2) is 6.10 Å². The first-order chi connectivity index (χ1) is 7.22. The number of aromatic nitrogens is 2. The van der Waals surface area contributed by atoms with E-state index in [2.05, 4.69) is 22.4 Å². The van der Waals surface area contributed by atoms with Gasteiger partial charge < -0.3 is 15.8 Å². The molecule has 82 valence electrons. The van der Waals surface area contributed by atoms with Crippen LogP contribution >= 0.6 is 0 Å². The Morgan fingerprint density at radius 1 is 1.60 bits per heavy atom. The number of fused-ring (bicyclic) bond motifs is 1. The first-order valence-electron chi connectivity index (χ1n) is 5.03. The Kier molecular flexibility index (Phi) is 2.49. The fourth-order valence-electron chi connectivity index (χ4n) is 1.52. The molecule has 0 saturated heterocycles. The molecular weight excluding hydrogens is 196 g/mol. The molecule has 6 heteroatoms. The van der Waals surface area contributed by atoms with Crippen LogP contribution in [-0.4, -0.2) is 22.2 Å². The number of amides is 1. The second kappa shape index (κ2) is 3.80. The second-order valence-corrected chi connectivity index (χ2v) is 3.56. The van der Waals surface area contributed by atoms with E-state index in [1.54, 1.807) is 0 Å². The van der Waals surface area contributed by atoms with Crippen molar-refractivity contribution in [3.05, 3.63) is 0 Å². The van der Waals surface area contributed by atoms with E-state index < -0.39 is 6.10 Å². The highest BCUT2D eigenvalue weighted by Crippen LogP contribution is 2.32. The van der Waals surface area contributed by atoms with Crippen molar-refractivity contribution in [2.45, 2.75) is 32.3 Å². The normalized spacial score (nSPS) is 19.3. The molecule has 1 aromatic heterocycles. The van der Waals surface area contributed by atoms with Crippen LogP contribution in [0.5, 0.6) is 5.88 Å². The first-order valence-corrected chi connectivity index (χ1v) is 5.03. The van der Waals surface area contributed by atoms with Crippen LogP contribution in [0.1, 0.15) is 26.2 Å². The number of carbonyl (C=O) groups is 1.